The van der Waals surface area contributed by atoms with E-state index in [4.69, 9.17) is 9.47 Å². The van der Waals surface area contributed by atoms with Crippen molar-refractivity contribution in [3.05, 3.63) is 77.4 Å². The van der Waals surface area contributed by atoms with Crippen LogP contribution in [-0.4, -0.2) is 39.0 Å². The van der Waals surface area contributed by atoms with Crippen LogP contribution in [0.2, 0.25) is 0 Å². The SMILES string of the molecule is O=C(OC1CCC(O)CC1)C1=C(Nc2ccc(F)cc2)OC(=Cc2c[nH]c3ncccc23)C1=O. The van der Waals surface area contributed by atoms with Crippen LogP contribution in [0.15, 0.2) is 66.0 Å². The van der Waals surface area contributed by atoms with Crippen molar-refractivity contribution in [3.63, 3.8) is 0 Å². The van der Waals surface area contributed by atoms with Crippen molar-refractivity contribution in [1.29, 1.82) is 0 Å². The maximum absolute atomic E-state index is 13.3. The number of nitrogens with one attached hydrogen (secondary N) is 2. The number of ether oxygens (including phenoxy) is 2. The van der Waals surface area contributed by atoms with E-state index in [1.807, 2.05) is 6.07 Å². The smallest absolute Gasteiger partial charge is 0.348 e. The van der Waals surface area contributed by atoms with E-state index in [0.29, 0.717) is 42.6 Å². The Kier molecular flexibility index (Phi) is 5.85. The molecule has 0 amide bonds. The summed E-state index contributed by atoms with van der Waals surface area (Å²) in [6.45, 7) is 0. The summed E-state index contributed by atoms with van der Waals surface area (Å²) in [5.41, 5.74) is 1.49. The van der Waals surface area contributed by atoms with E-state index in [1.165, 1.54) is 30.3 Å². The van der Waals surface area contributed by atoms with Crippen LogP contribution in [0, 0.1) is 5.82 Å². The molecule has 34 heavy (non-hydrogen) atoms. The molecule has 2 aromatic heterocycles. The van der Waals surface area contributed by atoms with Crippen molar-refractivity contribution >= 4 is 34.5 Å². The summed E-state index contributed by atoms with van der Waals surface area (Å²) in [6, 6.07) is 9.06. The maximum Gasteiger partial charge on any atom is 0.348 e. The number of halogens is 1. The first-order valence-electron chi connectivity index (χ1n) is 11.0. The molecule has 3 aromatic rings. The van der Waals surface area contributed by atoms with Gasteiger partial charge in [0.25, 0.3) is 0 Å². The number of H-pyrrole nitrogens is 1. The van der Waals surface area contributed by atoms with Gasteiger partial charge in [-0.1, -0.05) is 0 Å². The van der Waals surface area contributed by atoms with Crippen LogP contribution in [0.5, 0.6) is 0 Å². The summed E-state index contributed by atoms with van der Waals surface area (Å²) < 4.78 is 24.7. The first-order chi connectivity index (χ1) is 16.5. The minimum absolute atomic E-state index is 0.0552. The maximum atomic E-state index is 13.3. The number of Topliss-reactive ketones (excluding diaryl/α,β-unsaturated/α-hetero) is 1. The summed E-state index contributed by atoms with van der Waals surface area (Å²) in [4.78, 5) is 33.5. The molecule has 1 aromatic carbocycles. The van der Waals surface area contributed by atoms with Gasteiger partial charge in [-0.15, -0.1) is 0 Å². The van der Waals surface area contributed by atoms with E-state index in [2.05, 4.69) is 15.3 Å². The highest BCUT2D eigenvalue weighted by Crippen LogP contribution is 2.31. The molecular weight excluding hydrogens is 441 g/mol. The number of ketones is 1. The minimum Gasteiger partial charge on any atom is -0.459 e. The lowest BCUT2D eigenvalue weighted by Crippen LogP contribution is -2.28. The lowest BCUT2D eigenvalue weighted by atomic mass is 9.95. The lowest BCUT2D eigenvalue weighted by Gasteiger charge is -2.25. The van der Waals surface area contributed by atoms with Gasteiger partial charge >= 0.3 is 5.97 Å². The fourth-order valence-corrected chi connectivity index (χ4v) is 4.08. The van der Waals surface area contributed by atoms with Gasteiger partial charge in [0.2, 0.25) is 11.7 Å². The Morgan fingerprint density at radius 2 is 1.97 bits per heavy atom. The fraction of sp³-hybridized carbons (Fsp3) is 0.240. The van der Waals surface area contributed by atoms with Crippen LogP contribution >= 0.6 is 0 Å². The molecule has 1 aliphatic carbocycles. The van der Waals surface area contributed by atoms with Crippen molar-refractivity contribution in [1.82, 2.24) is 9.97 Å². The van der Waals surface area contributed by atoms with Crippen molar-refractivity contribution in [3.8, 4) is 0 Å². The first kappa shape index (κ1) is 21.8. The molecule has 1 fully saturated rings. The molecule has 0 atom stereocenters. The molecule has 1 saturated carbocycles. The standard InChI is InChI=1S/C25H22FN3O5/c26-15-3-5-16(6-4-15)29-24-21(25(32)33-18-9-7-17(30)8-10-18)22(31)20(34-24)12-14-13-28-23-19(14)2-1-11-27-23/h1-6,11-13,17-18,29-30H,7-10H2,(H,27,28). The number of esters is 1. The van der Waals surface area contributed by atoms with Crippen LogP contribution in [0.25, 0.3) is 17.1 Å². The molecule has 8 nitrogen and oxygen atoms in total. The number of anilines is 1. The topological polar surface area (TPSA) is 114 Å². The second-order valence-corrected chi connectivity index (χ2v) is 8.26. The van der Waals surface area contributed by atoms with Crippen LogP contribution in [0.3, 0.4) is 0 Å². The molecule has 5 rings (SSSR count). The third kappa shape index (κ3) is 4.42. The fourth-order valence-electron chi connectivity index (χ4n) is 4.08. The number of aliphatic hydroxyl groups excluding tert-OH is 1. The van der Waals surface area contributed by atoms with E-state index in [1.54, 1.807) is 18.5 Å². The van der Waals surface area contributed by atoms with Crippen molar-refractivity contribution in [2.24, 2.45) is 0 Å². The van der Waals surface area contributed by atoms with E-state index in [9.17, 15) is 19.1 Å². The largest absolute Gasteiger partial charge is 0.459 e. The predicted octanol–water partition coefficient (Wildman–Crippen LogP) is 3.81. The molecule has 0 spiro atoms. The Labute approximate surface area is 194 Å². The minimum atomic E-state index is -0.806. The van der Waals surface area contributed by atoms with Crippen LogP contribution in [0.4, 0.5) is 10.1 Å². The number of allylic oxidation sites excluding steroid dienone is 1. The third-order valence-electron chi connectivity index (χ3n) is 5.88. The number of hydrogen-bond donors (Lipinski definition) is 3. The number of pyridine rings is 1. The van der Waals surface area contributed by atoms with Gasteiger partial charge in [0.1, 0.15) is 17.6 Å². The highest BCUT2D eigenvalue weighted by Gasteiger charge is 2.38. The molecule has 3 N–H and O–H groups in total. The zero-order valence-electron chi connectivity index (χ0n) is 18.1. The van der Waals surface area contributed by atoms with E-state index in [0.717, 1.165) is 5.39 Å². The van der Waals surface area contributed by atoms with E-state index in [-0.39, 0.29) is 17.2 Å². The molecule has 174 valence electrons. The second-order valence-electron chi connectivity index (χ2n) is 8.26. The molecule has 1 aliphatic heterocycles. The van der Waals surface area contributed by atoms with Gasteiger partial charge in [0.15, 0.2) is 11.3 Å². The van der Waals surface area contributed by atoms with Gasteiger partial charge in [-0.3, -0.25) is 4.79 Å². The number of carbonyl (C=O) groups excluding carboxylic acids is 2. The summed E-state index contributed by atoms with van der Waals surface area (Å²) >= 11 is 0. The lowest BCUT2D eigenvalue weighted by molar-refractivity contribution is -0.147. The number of aromatic nitrogens is 2. The highest BCUT2D eigenvalue weighted by atomic mass is 19.1. The zero-order chi connectivity index (χ0) is 23.7. The molecular formula is C25H22FN3O5. The molecule has 0 radical (unpaired) electrons. The van der Waals surface area contributed by atoms with Crippen molar-refractivity contribution < 1.29 is 28.6 Å². The number of rotatable bonds is 5. The van der Waals surface area contributed by atoms with Crippen molar-refractivity contribution in [2.45, 2.75) is 37.9 Å². The number of hydrogen-bond acceptors (Lipinski definition) is 7. The quantitative estimate of drug-likeness (QED) is 0.300. The molecule has 0 saturated heterocycles. The van der Waals surface area contributed by atoms with Gasteiger partial charge < -0.3 is 24.9 Å². The molecule has 0 unspecified atom stereocenters. The second kappa shape index (κ2) is 9.11. The number of carbonyl (C=O) groups is 2. The van der Waals surface area contributed by atoms with Crippen LogP contribution < -0.4 is 5.32 Å². The van der Waals surface area contributed by atoms with Gasteiger partial charge in [0, 0.05) is 29.0 Å². The van der Waals surface area contributed by atoms with E-state index < -0.39 is 29.8 Å². The third-order valence-corrected chi connectivity index (χ3v) is 5.88. The van der Waals surface area contributed by atoms with Crippen molar-refractivity contribution in [2.75, 3.05) is 5.32 Å². The Morgan fingerprint density at radius 1 is 1.21 bits per heavy atom. The Balaban J connectivity index is 1.45. The van der Waals surface area contributed by atoms with Crippen LogP contribution in [-0.2, 0) is 19.1 Å². The molecule has 2 aliphatic rings. The monoisotopic (exact) mass is 463 g/mol. The molecule has 3 heterocycles. The van der Waals surface area contributed by atoms with E-state index >= 15 is 0 Å². The van der Waals surface area contributed by atoms with Gasteiger partial charge in [-0.25, -0.2) is 14.2 Å². The first-order valence-corrected chi connectivity index (χ1v) is 11.0. The van der Waals surface area contributed by atoms with Crippen LogP contribution in [0.1, 0.15) is 31.2 Å². The normalized spacial score (nSPS) is 21.7. The summed E-state index contributed by atoms with van der Waals surface area (Å²) in [5.74, 6) is -1.98. The summed E-state index contributed by atoms with van der Waals surface area (Å²) in [6.07, 6.45) is 6.17. The average molecular weight is 463 g/mol. The molecule has 9 heteroatoms. The Morgan fingerprint density at radius 3 is 2.74 bits per heavy atom. The number of aliphatic hydroxyl groups is 1. The van der Waals surface area contributed by atoms with Gasteiger partial charge in [-0.05, 0) is 68.2 Å². The number of aromatic amines is 1. The summed E-state index contributed by atoms with van der Waals surface area (Å²) in [5, 5.41) is 13.4. The average Bonchev–Trinajstić information content (AvgIpc) is 3.38. The summed E-state index contributed by atoms with van der Waals surface area (Å²) in [7, 11) is 0. The Hall–Kier alpha value is -3.98. The number of benzene rings is 1. The Bertz CT molecular complexity index is 1300. The van der Waals surface area contributed by atoms with Gasteiger partial charge in [0.05, 0.1) is 6.10 Å². The zero-order valence-corrected chi connectivity index (χ0v) is 18.1. The predicted molar refractivity (Wildman–Crippen MR) is 122 cm³/mol. The van der Waals surface area contributed by atoms with Gasteiger partial charge in [-0.2, -0.15) is 0 Å². The highest BCUT2D eigenvalue weighted by molar-refractivity contribution is 6.26. The molecule has 0 bridgehead atoms. The number of fused-ring (bicyclic) bond motifs is 1. The number of nitrogens with zero attached hydrogens (tertiary/aromatic N) is 1.